The van der Waals surface area contributed by atoms with Gasteiger partial charge >= 0.3 is 6.18 Å². The van der Waals surface area contributed by atoms with Crippen molar-refractivity contribution in [3.8, 4) is 0 Å². The molecule has 1 amide bonds. The van der Waals surface area contributed by atoms with Gasteiger partial charge in [0.05, 0.1) is 30.2 Å². The van der Waals surface area contributed by atoms with Crippen LogP contribution < -0.4 is 16.1 Å². The summed E-state index contributed by atoms with van der Waals surface area (Å²) in [4.78, 5) is 20.1. The topological polar surface area (TPSA) is 91.3 Å². The van der Waals surface area contributed by atoms with Gasteiger partial charge < -0.3 is 16.1 Å². The monoisotopic (exact) mass is 494 g/mol. The Labute approximate surface area is 202 Å². The largest absolute Gasteiger partial charge is 0.412 e. The second-order valence-electron chi connectivity index (χ2n) is 7.04. The van der Waals surface area contributed by atoms with Crippen LogP contribution in [0.15, 0.2) is 53.4 Å². The number of hydrogen-bond donors (Lipinski definition) is 3. The number of allylic oxidation sites excluding steroid dienone is 4. The Morgan fingerprint density at radius 2 is 1.89 bits per heavy atom. The molecule has 2 aromatic rings. The van der Waals surface area contributed by atoms with Gasteiger partial charge in [-0.05, 0) is 45.4 Å². The first-order chi connectivity index (χ1) is 16.6. The van der Waals surface area contributed by atoms with Crippen molar-refractivity contribution < 1.29 is 22.4 Å². The first kappa shape index (κ1) is 29.3. The van der Waals surface area contributed by atoms with Crippen LogP contribution in [0.5, 0.6) is 0 Å². The van der Waals surface area contributed by atoms with Crippen LogP contribution in [-0.2, 0) is 13.1 Å². The van der Waals surface area contributed by atoms with Crippen molar-refractivity contribution in [1.82, 2.24) is 20.7 Å². The van der Waals surface area contributed by atoms with Gasteiger partial charge in [-0.15, -0.1) is 0 Å². The number of aromatic nitrogens is 2. The molecule has 0 unspecified atom stereocenters. The maximum atomic E-state index is 13.3. The van der Waals surface area contributed by atoms with Crippen molar-refractivity contribution in [1.29, 1.82) is 0 Å². The number of pyridine rings is 2. The third-order valence-corrected chi connectivity index (χ3v) is 4.68. The lowest BCUT2D eigenvalue weighted by molar-refractivity contribution is -0.0914. The number of carbonyl (C=O) groups excluding carboxylic acids is 1. The maximum Gasteiger partial charge on any atom is 0.412 e. The maximum absolute atomic E-state index is 13.3. The lowest BCUT2D eigenvalue weighted by Crippen LogP contribution is -2.21. The molecule has 11 heteroatoms. The van der Waals surface area contributed by atoms with E-state index < -0.39 is 23.5 Å². The Balaban J connectivity index is 0.000000427. The van der Waals surface area contributed by atoms with E-state index in [1.165, 1.54) is 14.0 Å². The van der Waals surface area contributed by atoms with Crippen LogP contribution in [0, 0.1) is 5.82 Å². The number of hydrogen-bond acceptors (Lipinski definition) is 6. The second kappa shape index (κ2) is 14.5. The predicted octanol–water partition coefficient (Wildman–Crippen LogP) is 5.12. The van der Waals surface area contributed by atoms with E-state index in [1.54, 1.807) is 12.4 Å². The molecule has 0 aromatic carbocycles. The van der Waals surface area contributed by atoms with Crippen LogP contribution in [0.4, 0.5) is 23.4 Å². The summed E-state index contributed by atoms with van der Waals surface area (Å²) in [6.07, 6.45) is 5.41. The minimum atomic E-state index is -4.13. The van der Waals surface area contributed by atoms with Gasteiger partial charge in [-0.25, -0.2) is 9.37 Å². The van der Waals surface area contributed by atoms with Crippen molar-refractivity contribution in [3.63, 3.8) is 0 Å². The Bertz CT molecular complexity index is 1060. The molecule has 0 saturated carbocycles. The van der Waals surface area contributed by atoms with Gasteiger partial charge in [0.25, 0.3) is 5.91 Å². The Kier molecular flexibility index (Phi) is 12.1. The summed E-state index contributed by atoms with van der Waals surface area (Å²) in [7, 11) is 1.49. The fourth-order valence-electron chi connectivity index (χ4n) is 2.48. The van der Waals surface area contributed by atoms with Crippen LogP contribution in [-0.4, -0.2) is 35.3 Å². The normalized spacial score (nSPS) is 12.4. The van der Waals surface area contributed by atoms with E-state index in [4.69, 9.17) is 0 Å². The summed E-state index contributed by atoms with van der Waals surface area (Å²) in [5, 5.41) is 9.58. The van der Waals surface area contributed by atoms with E-state index in [-0.39, 0.29) is 5.56 Å². The summed E-state index contributed by atoms with van der Waals surface area (Å²) < 4.78 is 47.5. The first-order valence-corrected chi connectivity index (χ1v) is 10.7. The van der Waals surface area contributed by atoms with Gasteiger partial charge in [-0.2, -0.15) is 18.3 Å². The molecular formula is C24H30F4N6O. The van der Waals surface area contributed by atoms with Gasteiger partial charge in [0.15, 0.2) is 0 Å². The minimum absolute atomic E-state index is 0.158. The molecule has 0 fully saturated rings. The van der Waals surface area contributed by atoms with Gasteiger partial charge in [-0.3, -0.25) is 9.78 Å². The number of halogens is 4. The molecule has 7 nitrogen and oxygen atoms in total. The molecule has 35 heavy (non-hydrogen) atoms. The average molecular weight is 495 g/mol. The lowest BCUT2D eigenvalue weighted by atomic mass is 10.1. The summed E-state index contributed by atoms with van der Waals surface area (Å²) >= 11 is 0. The van der Waals surface area contributed by atoms with E-state index in [0.717, 1.165) is 42.1 Å². The first-order valence-electron chi connectivity index (χ1n) is 10.7. The highest BCUT2D eigenvalue weighted by atomic mass is 19.4. The smallest absolute Gasteiger partial charge is 0.365 e. The Morgan fingerprint density at radius 3 is 2.43 bits per heavy atom. The molecule has 3 rings (SSSR count). The van der Waals surface area contributed by atoms with E-state index in [0.29, 0.717) is 18.9 Å². The average Bonchev–Trinajstić information content (AvgIpc) is 2.86. The van der Waals surface area contributed by atoms with Crippen LogP contribution in [0.3, 0.4) is 0 Å². The Morgan fingerprint density at radius 1 is 1.20 bits per heavy atom. The van der Waals surface area contributed by atoms with Crippen molar-refractivity contribution in [2.45, 2.75) is 47.0 Å². The molecular weight excluding hydrogens is 464 g/mol. The van der Waals surface area contributed by atoms with E-state index in [2.05, 4.69) is 31.1 Å². The highest BCUT2D eigenvalue weighted by Crippen LogP contribution is 2.24. The molecule has 0 bridgehead atoms. The summed E-state index contributed by atoms with van der Waals surface area (Å²) in [6, 6.07) is 3.02. The number of fused-ring (bicyclic) bond motifs is 1. The third kappa shape index (κ3) is 9.55. The van der Waals surface area contributed by atoms with Crippen LogP contribution in [0.2, 0.25) is 0 Å². The number of carbonyl (C=O) groups is 1. The second-order valence-corrected chi connectivity index (χ2v) is 7.04. The van der Waals surface area contributed by atoms with Gasteiger partial charge in [0.1, 0.15) is 11.6 Å². The molecule has 3 N–H and O–H groups in total. The highest BCUT2D eigenvalue weighted by molar-refractivity contribution is 5.98. The zero-order valence-corrected chi connectivity index (χ0v) is 20.3. The number of anilines is 1. The highest BCUT2D eigenvalue weighted by Gasteiger charge is 2.28. The molecule has 0 aliphatic carbocycles. The minimum Gasteiger partial charge on any atom is -0.365 e. The Hall–Kier alpha value is -3.76. The van der Waals surface area contributed by atoms with Gasteiger partial charge in [0, 0.05) is 30.9 Å². The number of nitrogens with zero attached hydrogens (tertiary/aromatic N) is 3. The molecule has 2 aromatic heterocycles. The summed E-state index contributed by atoms with van der Waals surface area (Å²) in [6.45, 7) is 7.39. The molecule has 0 saturated heterocycles. The molecule has 190 valence electrons. The number of rotatable bonds is 4. The molecule has 0 atom stereocenters. The molecule has 3 heterocycles. The van der Waals surface area contributed by atoms with Gasteiger partial charge in [0.2, 0.25) is 0 Å². The van der Waals surface area contributed by atoms with Crippen molar-refractivity contribution in [2.75, 3.05) is 12.4 Å². The quantitative estimate of drug-likeness (QED) is 0.405. The fourth-order valence-corrected chi connectivity index (χ4v) is 2.48. The van der Waals surface area contributed by atoms with Gasteiger partial charge in [-0.1, -0.05) is 18.2 Å². The molecule has 0 spiro atoms. The number of hydrazone groups is 1. The van der Waals surface area contributed by atoms with Crippen LogP contribution in [0.1, 0.15) is 54.9 Å². The van der Waals surface area contributed by atoms with Crippen LogP contribution in [0.25, 0.3) is 0 Å². The number of amides is 1. The summed E-state index contributed by atoms with van der Waals surface area (Å²) in [5.74, 6) is -0.641. The zero-order valence-electron chi connectivity index (χ0n) is 20.3. The van der Waals surface area contributed by atoms with E-state index in [9.17, 15) is 22.4 Å². The lowest BCUT2D eigenvalue weighted by Gasteiger charge is -2.15. The number of alkyl halides is 3. The molecule has 1 aliphatic rings. The van der Waals surface area contributed by atoms with Crippen LogP contribution >= 0.6 is 0 Å². The fraction of sp³-hybridized carbons (Fsp3) is 0.333. The van der Waals surface area contributed by atoms with E-state index >= 15 is 0 Å². The third-order valence-electron chi connectivity index (χ3n) is 4.68. The summed E-state index contributed by atoms with van der Waals surface area (Å²) in [5.41, 5.74) is 5.27. The van der Waals surface area contributed by atoms with Crippen molar-refractivity contribution in [3.05, 3.63) is 76.5 Å². The SMILES string of the molecule is C/C=C(\C)C(F)(F)F.C/C=C\C.CNC(=O)c1cc(F)cnc1NCc1ccnc2c1C=NNC2. The van der Waals surface area contributed by atoms with E-state index in [1.807, 2.05) is 32.1 Å². The molecule has 1 aliphatic heterocycles. The number of nitrogens with one attached hydrogen (secondary N) is 3. The standard InChI is InChI=1S/C15H15FN6O.C5H7F3.C4H8/c1-17-15(23)11-4-10(16)6-20-14(11)19-5-9-2-3-18-13-8-22-21-7-12(9)13;1-3-4(2)5(6,7)8;1-3-4-2/h2-4,6-7,22H,5,8H2,1H3,(H,17,23)(H,19,20);3H,1-2H3;3-4H,1-2H3/b;4-3+;4-3-. The van der Waals surface area contributed by atoms with Crippen molar-refractivity contribution in [2.24, 2.45) is 5.10 Å². The predicted molar refractivity (Wildman–Crippen MR) is 130 cm³/mol. The van der Waals surface area contributed by atoms with Crippen molar-refractivity contribution >= 4 is 17.9 Å². The zero-order chi connectivity index (χ0) is 26.4. The molecule has 0 radical (unpaired) electrons.